The van der Waals surface area contributed by atoms with Crippen LogP contribution in [-0.2, 0) is 0 Å². The van der Waals surface area contributed by atoms with Gasteiger partial charge in [-0.25, -0.2) is 4.79 Å². The summed E-state index contributed by atoms with van der Waals surface area (Å²) in [6.07, 6.45) is 8.28. The number of nitrogens with one attached hydrogen (secondary N) is 1. The van der Waals surface area contributed by atoms with Gasteiger partial charge in [0.25, 0.3) is 0 Å². The molecular formula is C12H20N2O. The molecule has 0 aromatic carbocycles. The summed E-state index contributed by atoms with van der Waals surface area (Å²) in [7, 11) is 0. The van der Waals surface area contributed by atoms with Crippen molar-refractivity contribution in [1.29, 1.82) is 0 Å². The molecule has 0 aromatic heterocycles. The first kappa shape index (κ1) is 11.9. The summed E-state index contributed by atoms with van der Waals surface area (Å²) >= 11 is 0. The summed E-state index contributed by atoms with van der Waals surface area (Å²) in [6, 6.07) is -0.136. The number of urea groups is 1. The smallest absolute Gasteiger partial charge is 0.318 e. The van der Waals surface area contributed by atoms with Gasteiger partial charge >= 0.3 is 6.03 Å². The van der Waals surface area contributed by atoms with Gasteiger partial charge in [0.15, 0.2) is 0 Å². The lowest BCUT2D eigenvalue weighted by Gasteiger charge is -2.31. The van der Waals surface area contributed by atoms with E-state index in [4.69, 9.17) is 6.42 Å². The summed E-state index contributed by atoms with van der Waals surface area (Å²) in [5, 5.41) is 2.85. The standard InChI is InChI=1S/C12H20N2O/c1-4-11(5-2)13-12(15)14-8-6-10(3)7-9-14/h1,10-11H,5-9H2,2-3H3,(H,13,15). The molecule has 1 atom stereocenters. The largest absolute Gasteiger partial charge is 0.325 e. The molecule has 15 heavy (non-hydrogen) atoms. The Labute approximate surface area is 92.2 Å². The fraction of sp³-hybridized carbons (Fsp3) is 0.750. The van der Waals surface area contributed by atoms with Crippen LogP contribution in [0.3, 0.4) is 0 Å². The normalized spacial score (nSPS) is 19.4. The second-order valence-corrected chi connectivity index (χ2v) is 4.25. The van der Waals surface area contributed by atoms with Gasteiger partial charge in [-0.15, -0.1) is 6.42 Å². The molecule has 1 aliphatic rings. The molecule has 1 saturated heterocycles. The van der Waals surface area contributed by atoms with Gasteiger partial charge in [0.1, 0.15) is 0 Å². The second-order valence-electron chi connectivity index (χ2n) is 4.25. The molecule has 1 rings (SSSR count). The summed E-state index contributed by atoms with van der Waals surface area (Å²) in [5.41, 5.74) is 0. The summed E-state index contributed by atoms with van der Waals surface area (Å²) in [5.74, 6) is 3.31. The van der Waals surface area contributed by atoms with Crippen molar-refractivity contribution in [2.24, 2.45) is 5.92 Å². The molecule has 1 unspecified atom stereocenters. The van der Waals surface area contributed by atoms with Crippen molar-refractivity contribution in [3.63, 3.8) is 0 Å². The van der Waals surface area contributed by atoms with Crippen LogP contribution in [0.15, 0.2) is 0 Å². The third-order valence-corrected chi connectivity index (χ3v) is 2.98. The van der Waals surface area contributed by atoms with Gasteiger partial charge in [-0.2, -0.15) is 0 Å². The van der Waals surface area contributed by atoms with Crippen LogP contribution in [0.5, 0.6) is 0 Å². The third kappa shape index (κ3) is 3.47. The van der Waals surface area contributed by atoms with E-state index in [0.717, 1.165) is 38.3 Å². The highest BCUT2D eigenvalue weighted by atomic mass is 16.2. The van der Waals surface area contributed by atoms with Crippen LogP contribution in [-0.4, -0.2) is 30.1 Å². The molecule has 3 heteroatoms. The molecule has 3 nitrogen and oxygen atoms in total. The monoisotopic (exact) mass is 208 g/mol. The zero-order valence-electron chi connectivity index (χ0n) is 9.62. The Hall–Kier alpha value is -1.17. The van der Waals surface area contributed by atoms with E-state index in [1.807, 2.05) is 11.8 Å². The van der Waals surface area contributed by atoms with Gasteiger partial charge in [-0.05, 0) is 25.2 Å². The maximum absolute atomic E-state index is 11.8. The van der Waals surface area contributed by atoms with Crippen molar-refractivity contribution in [3.05, 3.63) is 0 Å². The zero-order valence-corrected chi connectivity index (χ0v) is 9.62. The van der Waals surface area contributed by atoms with E-state index in [9.17, 15) is 4.79 Å². The lowest BCUT2D eigenvalue weighted by atomic mass is 10.00. The van der Waals surface area contributed by atoms with E-state index in [2.05, 4.69) is 18.2 Å². The van der Waals surface area contributed by atoms with E-state index < -0.39 is 0 Å². The highest BCUT2D eigenvalue weighted by molar-refractivity contribution is 5.75. The number of rotatable bonds is 2. The number of carbonyl (C=O) groups excluding carboxylic acids is 1. The van der Waals surface area contributed by atoms with E-state index in [-0.39, 0.29) is 12.1 Å². The topological polar surface area (TPSA) is 32.3 Å². The van der Waals surface area contributed by atoms with Gasteiger partial charge in [0.2, 0.25) is 0 Å². The number of amides is 2. The molecule has 0 radical (unpaired) electrons. The first-order chi connectivity index (χ1) is 7.17. The van der Waals surface area contributed by atoms with Crippen molar-refractivity contribution in [1.82, 2.24) is 10.2 Å². The fourth-order valence-electron chi connectivity index (χ4n) is 1.71. The molecule has 1 aliphatic heterocycles. The number of likely N-dealkylation sites (tertiary alicyclic amines) is 1. The number of hydrogen-bond donors (Lipinski definition) is 1. The minimum absolute atomic E-state index is 0.00769. The maximum Gasteiger partial charge on any atom is 0.318 e. The molecule has 0 aliphatic carbocycles. The zero-order chi connectivity index (χ0) is 11.3. The van der Waals surface area contributed by atoms with E-state index >= 15 is 0 Å². The van der Waals surface area contributed by atoms with Crippen LogP contribution in [0.25, 0.3) is 0 Å². The summed E-state index contributed by atoms with van der Waals surface area (Å²) in [4.78, 5) is 13.6. The molecule has 0 aromatic rings. The van der Waals surface area contributed by atoms with Gasteiger partial charge in [-0.1, -0.05) is 19.8 Å². The van der Waals surface area contributed by atoms with Crippen LogP contribution < -0.4 is 5.32 Å². The lowest BCUT2D eigenvalue weighted by molar-refractivity contribution is 0.172. The number of piperidine rings is 1. The first-order valence-electron chi connectivity index (χ1n) is 5.69. The van der Waals surface area contributed by atoms with Gasteiger partial charge in [-0.3, -0.25) is 0 Å². The van der Waals surface area contributed by atoms with Crippen molar-refractivity contribution < 1.29 is 4.79 Å². The Kier molecular flexibility index (Phi) is 4.48. The highest BCUT2D eigenvalue weighted by Gasteiger charge is 2.21. The number of terminal acetylenes is 1. The molecule has 0 spiro atoms. The Morgan fingerprint density at radius 2 is 2.20 bits per heavy atom. The molecular weight excluding hydrogens is 188 g/mol. The average Bonchev–Trinajstić information content (AvgIpc) is 2.26. The average molecular weight is 208 g/mol. The van der Waals surface area contributed by atoms with Crippen LogP contribution in [0, 0.1) is 18.3 Å². The van der Waals surface area contributed by atoms with Gasteiger partial charge < -0.3 is 10.2 Å². The predicted octanol–water partition coefficient (Wildman–Crippen LogP) is 1.84. The van der Waals surface area contributed by atoms with Crippen molar-refractivity contribution in [2.75, 3.05) is 13.1 Å². The molecule has 1 heterocycles. The molecule has 84 valence electrons. The van der Waals surface area contributed by atoms with E-state index in [1.165, 1.54) is 0 Å². The lowest BCUT2D eigenvalue weighted by Crippen LogP contribution is -2.47. The first-order valence-corrected chi connectivity index (χ1v) is 5.69. The van der Waals surface area contributed by atoms with Crippen molar-refractivity contribution in [3.8, 4) is 12.3 Å². The number of carbonyl (C=O) groups is 1. The molecule has 0 saturated carbocycles. The van der Waals surface area contributed by atoms with Gasteiger partial charge in [0.05, 0.1) is 6.04 Å². The highest BCUT2D eigenvalue weighted by Crippen LogP contribution is 2.15. The number of nitrogens with zero attached hydrogens (tertiary/aromatic N) is 1. The third-order valence-electron chi connectivity index (χ3n) is 2.98. The van der Waals surface area contributed by atoms with Crippen LogP contribution >= 0.6 is 0 Å². The molecule has 1 fully saturated rings. The molecule has 2 amide bonds. The minimum atomic E-state index is -0.128. The van der Waals surface area contributed by atoms with E-state index in [1.54, 1.807) is 0 Å². The summed E-state index contributed by atoms with van der Waals surface area (Å²) in [6.45, 7) is 5.91. The molecule has 0 bridgehead atoms. The minimum Gasteiger partial charge on any atom is -0.325 e. The molecule has 1 N–H and O–H groups in total. The van der Waals surface area contributed by atoms with Crippen molar-refractivity contribution in [2.45, 2.75) is 39.2 Å². The fourth-order valence-corrected chi connectivity index (χ4v) is 1.71. The Morgan fingerprint density at radius 1 is 1.60 bits per heavy atom. The Morgan fingerprint density at radius 3 is 2.67 bits per heavy atom. The van der Waals surface area contributed by atoms with Crippen molar-refractivity contribution >= 4 is 6.03 Å². The SMILES string of the molecule is C#CC(CC)NC(=O)N1CCC(C)CC1. The Bertz CT molecular complexity index is 249. The second kappa shape index (κ2) is 5.65. The number of hydrogen-bond acceptors (Lipinski definition) is 1. The van der Waals surface area contributed by atoms with Crippen LogP contribution in [0.4, 0.5) is 4.79 Å². The Balaban J connectivity index is 2.37. The van der Waals surface area contributed by atoms with Crippen LogP contribution in [0.1, 0.15) is 33.1 Å². The van der Waals surface area contributed by atoms with Gasteiger partial charge in [0, 0.05) is 13.1 Å². The quantitative estimate of drug-likeness (QED) is 0.690. The van der Waals surface area contributed by atoms with Crippen LogP contribution in [0.2, 0.25) is 0 Å². The summed E-state index contributed by atoms with van der Waals surface area (Å²) < 4.78 is 0. The maximum atomic E-state index is 11.8. The predicted molar refractivity (Wildman–Crippen MR) is 61.4 cm³/mol. The van der Waals surface area contributed by atoms with E-state index in [0.29, 0.717) is 0 Å².